The number of nitrogens with two attached hydrogens (primary N) is 1. The predicted octanol–water partition coefficient (Wildman–Crippen LogP) is 3.94. The van der Waals surface area contributed by atoms with Crippen molar-refractivity contribution in [1.82, 2.24) is 14.8 Å². The first-order valence-corrected chi connectivity index (χ1v) is 15.5. The zero-order chi connectivity index (χ0) is 29.6. The van der Waals surface area contributed by atoms with Gasteiger partial charge in [-0.1, -0.05) is 19.9 Å². The van der Waals surface area contributed by atoms with E-state index in [2.05, 4.69) is 44.8 Å². The van der Waals surface area contributed by atoms with Gasteiger partial charge in [0.25, 0.3) is 11.5 Å². The third kappa shape index (κ3) is 6.67. The number of fused-ring (bicyclic) bond motifs is 2. The highest BCUT2D eigenvalue weighted by molar-refractivity contribution is 7.17. The molecular weight excluding hydrogens is 550 g/mol. The Morgan fingerprint density at radius 3 is 2.57 bits per heavy atom. The summed E-state index contributed by atoms with van der Waals surface area (Å²) in [5.74, 6) is -0.574. The van der Waals surface area contributed by atoms with Gasteiger partial charge in [-0.15, -0.1) is 11.3 Å². The Hall–Kier alpha value is -3.73. The van der Waals surface area contributed by atoms with Crippen LogP contribution in [0.1, 0.15) is 31.5 Å². The maximum absolute atomic E-state index is 13.4. The highest BCUT2D eigenvalue weighted by Gasteiger charge is 2.27. The molecule has 4 aromatic rings. The molecule has 2 aromatic heterocycles. The number of hydrogen-bond donors (Lipinski definition) is 2. The van der Waals surface area contributed by atoms with Gasteiger partial charge in [-0.05, 0) is 72.5 Å². The second kappa shape index (κ2) is 13.5. The lowest BCUT2D eigenvalue weighted by Gasteiger charge is -2.36. The van der Waals surface area contributed by atoms with Gasteiger partial charge in [0.05, 0.1) is 18.7 Å². The van der Waals surface area contributed by atoms with E-state index in [0.717, 1.165) is 55.5 Å². The number of pyridine rings is 1. The van der Waals surface area contributed by atoms with Crippen LogP contribution in [0.15, 0.2) is 64.8 Å². The molecular formula is C32H39N5O4S. The fourth-order valence-corrected chi connectivity index (χ4v) is 6.32. The van der Waals surface area contributed by atoms with Crippen molar-refractivity contribution in [2.45, 2.75) is 32.7 Å². The van der Waals surface area contributed by atoms with Crippen LogP contribution >= 0.6 is 11.3 Å². The molecule has 0 bridgehead atoms. The normalized spacial score (nSPS) is 14.9. The Kier molecular flexibility index (Phi) is 9.56. The molecule has 222 valence electrons. The molecule has 3 heterocycles. The maximum Gasteiger partial charge on any atom is 0.257 e. The van der Waals surface area contributed by atoms with E-state index in [9.17, 15) is 14.4 Å². The number of piperazine rings is 1. The van der Waals surface area contributed by atoms with E-state index in [1.54, 1.807) is 23.5 Å². The highest BCUT2D eigenvalue weighted by atomic mass is 32.1. The number of ether oxygens (including phenoxy) is 1. The number of amides is 1. The Labute approximate surface area is 249 Å². The molecule has 1 unspecified atom stereocenters. The van der Waals surface area contributed by atoms with E-state index in [4.69, 9.17) is 10.5 Å². The Morgan fingerprint density at radius 2 is 1.81 bits per heavy atom. The molecule has 42 heavy (non-hydrogen) atoms. The average molecular weight is 590 g/mol. The molecule has 1 atom stereocenters. The molecule has 2 aromatic carbocycles. The average Bonchev–Trinajstić information content (AvgIpc) is 3.48. The lowest BCUT2D eigenvalue weighted by Crippen LogP contribution is -2.50. The van der Waals surface area contributed by atoms with Crippen molar-refractivity contribution in [3.05, 3.63) is 70.3 Å². The fraction of sp³-hybridized carbons (Fsp3) is 0.406. The predicted molar refractivity (Wildman–Crippen MR) is 170 cm³/mol. The van der Waals surface area contributed by atoms with Gasteiger partial charge in [-0.25, -0.2) is 4.57 Å². The largest absolute Gasteiger partial charge is 0.494 e. The molecule has 3 N–H and O–H groups in total. The summed E-state index contributed by atoms with van der Waals surface area (Å²) >= 11 is 1.79. The van der Waals surface area contributed by atoms with Crippen LogP contribution in [0.3, 0.4) is 0 Å². The summed E-state index contributed by atoms with van der Waals surface area (Å²) in [5, 5.41) is 6.90. The van der Waals surface area contributed by atoms with E-state index in [1.165, 1.54) is 21.8 Å². The highest BCUT2D eigenvalue weighted by Crippen LogP contribution is 2.31. The Balaban J connectivity index is 1.14. The molecule has 0 radical (unpaired) electrons. The van der Waals surface area contributed by atoms with Crippen LogP contribution in [-0.4, -0.2) is 73.2 Å². The van der Waals surface area contributed by atoms with Crippen LogP contribution < -0.4 is 26.2 Å². The van der Waals surface area contributed by atoms with E-state index in [1.807, 2.05) is 26.0 Å². The number of thiophene rings is 1. The summed E-state index contributed by atoms with van der Waals surface area (Å²) < 4.78 is 8.50. The van der Waals surface area contributed by atoms with Crippen molar-refractivity contribution in [2.24, 2.45) is 11.7 Å². The van der Waals surface area contributed by atoms with Crippen LogP contribution in [0, 0.1) is 5.92 Å². The van der Waals surface area contributed by atoms with Crippen LogP contribution in [0.2, 0.25) is 0 Å². The topological polar surface area (TPSA) is 110 Å². The standard InChI is InChI=1S/C32H39N5O4S/c1-22(2)31(34-29(38)21-33)32(40)37-27-20-24(10-8-23(27)9-11-30(37)39)41-18-4-3-13-35-14-16-36(17-15-35)26-6-5-7-28-25(26)12-19-42-28/h5-12,19-20,22,31H,3-4,13-18,21,33H2,1-2H3,(H,34,38). The van der Waals surface area contributed by atoms with Gasteiger partial charge in [0.2, 0.25) is 5.91 Å². The molecule has 1 aliphatic heterocycles. The number of unbranched alkanes of at least 4 members (excludes halogenated alkanes) is 1. The summed E-state index contributed by atoms with van der Waals surface area (Å²) in [6.07, 6.45) is 1.92. The first-order valence-electron chi connectivity index (χ1n) is 14.6. The molecule has 9 nitrogen and oxygen atoms in total. The lowest BCUT2D eigenvalue weighted by atomic mass is 10.0. The number of benzene rings is 2. The van der Waals surface area contributed by atoms with Gasteiger partial charge in [0.15, 0.2) is 0 Å². The van der Waals surface area contributed by atoms with Gasteiger partial charge in [0, 0.05) is 54.1 Å². The molecule has 0 saturated carbocycles. The van der Waals surface area contributed by atoms with Crippen molar-refractivity contribution in [3.8, 4) is 5.75 Å². The van der Waals surface area contributed by atoms with Crippen molar-refractivity contribution in [2.75, 3.05) is 50.8 Å². The van der Waals surface area contributed by atoms with Crippen LogP contribution in [0.5, 0.6) is 5.75 Å². The Bertz CT molecular complexity index is 1610. The minimum absolute atomic E-state index is 0.229. The number of nitrogens with one attached hydrogen (secondary N) is 1. The molecule has 1 fully saturated rings. The van der Waals surface area contributed by atoms with Gasteiger partial charge < -0.3 is 20.7 Å². The minimum Gasteiger partial charge on any atom is -0.494 e. The number of rotatable bonds is 11. The number of carbonyl (C=O) groups is 2. The zero-order valence-electron chi connectivity index (χ0n) is 24.3. The second-order valence-corrected chi connectivity index (χ2v) is 12.0. The molecule has 1 saturated heterocycles. The third-order valence-electron chi connectivity index (χ3n) is 7.85. The minimum atomic E-state index is -0.875. The monoisotopic (exact) mass is 589 g/mol. The van der Waals surface area contributed by atoms with Crippen LogP contribution in [0.4, 0.5) is 5.69 Å². The number of anilines is 1. The van der Waals surface area contributed by atoms with Crippen molar-refractivity contribution in [3.63, 3.8) is 0 Å². The Morgan fingerprint density at radius 1 is 1.02 bits per heavy atom. The number of hydrogen-bond acceptors (Lipinski definition) is 8. The first kappa shape index (κ1) is 29.8. The molecule has 0 aliphatic carbocycles. The van der Waals surface area contributed by atoms with E-state index in [0.29, 0.717) is 17.9 Å². The van der Waals surface area contributed by atoms with Gasteiger partial charge in [-0.2, -0.15) is 0 Å². The quantitative estimate of drug-likeness (QED) is 0.255. The maximum atomic E-state index is 13.4. The summed E-state index contributed by atoms with van der Waals surface area (Å²) in [4.78, 5) is 43.2. The number of nitrogens with zero attached hydrogens (tertiary/aromatic N) is 3. The molecule has 5 rings (SSSR count). The number of carbonyl (C=O) groups excluding carboxylic acids is 2. The summed E-state index contributed by atoms with van der Waals surface area (Å²) in [6.45, 7) is 9.09. The second-order valence-electron chi connectivity index (χ2n) is 11.1. The molecule has 1 aliphatic rings. The van der Waals surface area contributed by atoms with E-state index >= 15 is 0 Å². The van der Waals surface area contributed by atoms with Crippen molar-refractivity contribution < 1.29 is 14.3 Å². The summed E-state index contributed by atoms with van der Waals surface area (Å²) in [6, 6.07) is 16.4. The molecule has 10 heteroatoms. The molecule has 0 spiro atoms. The first-order chi connectivity index (χ1) is 20.4. The fourth-order valence-electron chi connectivity index (χ4n) is 5.51. The van der Waals surface area contributed by atoms with Crippen LogP contribution in [0.25, 0.3) is 21.0 Å². The third-order valence-corrected chi connectivity index (χ3v) is 8.73. The SMILES string of the molecule is CC(C)C(NC(=O)CN)C(=O)n1c(=O)ccc2ccc(OCCCCN3CCN(c4cccc5sccc45)CC3)cc21. The van der Waals surface area contributed by atoms with Crippen molar-refractivity contribution >= 4 is 49.8 Å². The van der Waals surface area contributed by atoms with Gasteiger partial charge in [0.1, 0.15) is 11.8 Å². The van der Waals surface area contributed by atoms with Crippen LogP contribution in [-0.2, 0) is 4.79 Å². The van der Waals surface area contributed by atoms with E-state index < -0.39 is 23.4 Å². The zero-order valence-corrected chi connectivity index (χ0v) is 25.1. The summed E-state index contributed by atoms with van der Waals surface area (Å²) in [7, 11) is 0. The number of aromatic nitrogens is 1. The van der Waals surface area contributed by atoms with E-state index in [-0.39, 0.29) is 12.5 Å². The van der Waals surface area contributed by atoms with Crippen molar-refractivity contribution in [1.29, 1.82) is 0 Å². The smallest absolute Gasteiger partial charge is 0.257 e. The van der Waals surface area contributed by atoms with Gasteiger partial charge in [-0.3, -0.25) is 19.3 Å². The molecule has 1 amide bonds. The summed E-state index contributed by atoms with van der Waals surface area (Å²) in [5.41, 5.74) is 6.77. The van der Waals surface area contributed by atoms with Gasteiger partial charge >= 0.3 is 0 Å². The lowest BCUT2D eigenvalue weighted by molar-refractivity contribution is -0.120.